The van der Waals surface area contributed by atoms with Crippen molar-refractivity contribution in [1.82, 2.24) is 0 Å². The molecule has 4 rings (SSSR count). The molecule has 3 aromatic carbocycles. The van der Waals surface area contributed by atoms with Crippen molar-refractivity contribution in [2.24, 2.45) is 0 Å². The minimum absolute atomic E-state index is 0.332. The number of hydrogen-bond acceptors (Lipinski definition) is 4. The van der Waals surface area contributed by atoms with Gasteiger partial charge in [0.1, 0.15) is 12.4 Å². The van der Waals surface area contributed by atoms with Gasteiger partial charge in [-0.2, -0.15) is 0 Å². The Bertz CT molecular complexity index is 1180. The lowest BCUT2D eigenvalue weighted by Gasteiger charge is -2.25. The largest absolute Gasteiger partial charge is 0.496 e. The van der Waals surface area contributed by atoms with E-state index in [0.29, 0.717) is 16.9 Å². The first-order valence-electron chi connectivity index (χ1n) is 8.56. The summed E-state index contributed by atoms with van der Waals surface area (Å²) in [6.07, 6.45) is 0. The summed E-state index contributed by atoms with van der Waals surface area (Å²) < 4.78 is 7.80. The van der Waals surface area contributed by atoms with Crippen LogP contribution in [-0.2, 0) is 5.60 Å². The average molecular weight is 374 g/mol. The number of aliphatic hydroxyl groups excluding tert-OH is 1. The normalized spacial score (nSPS) is 13.1. The van der Waals surface area contributed by atoms with E-state index in [1.165, 1.54) is 4.70 Å². The van der Waals surface area contributed by atoms with Gasteiger partial charge in [-0.15, -0.1) is 11.3 Å². The highest BCUT2D eigenvalue weighted by atomic mass is 32.1. The van der Waals surface area contributed by atoms with Crippen LogP contribution < -0.4 is 4.74 Å². The Kier molecular flexibility index (Phi) is 4.59. The van der Waals surface area contributed by atoms with Gasteiger partial charge >= 0.3 is 0 Å². The first-order valence-corrected chi connectivity index (χ1v) is 9.37. The van der Waals surface area contributed by atoms with E-state index in [9.17, 15) is 10.2 Å². The zero-order valence-electron chi connectivity index (χ0n) is 14.8. The first-order chi connectivity index (χ1) is 13.2. The fourth-order valence-corrected chi connectivity index (χ4v) is 4.44. The SMILES string of the molecule is COc1ccccc1C(O)(C#CCO)c1ccc2sc3ccccc3c2c1. The number of hydrogen-bond donors (Lipinski definition) is 2. The van der Waals surface area contributed by atoms with Crippen LogP contribution in [0.1, 0.15) is 11.1 Å². The Morgan fingerprint density at radius 1 is 0.963 bits per heavy atom. The Labute approximate surface area is 161 Å². The number of ether oxygens (including phenoxy) is 1. The van der Waals surface area contributed by atoms with Gasteiger partial charge in [0.05, 0.1) is 7.11 Å². The van der Waals surface area contributed by atoms with Gasteiger partial charge in [-0.3, -0.25) is 0 Å². The number of benzene rings is 3. The maximum absolute atomic E-state index is 11.6. The average Bonchev–Trinajstić information content (AvgIpc) is 3.10. The molecule has 0 aliphatic carbocycles. The van der Waals surface area contributed by atoms with Crippen molar-refractivity contribution in [3.05, 3.63) is 77.9 Å². The van der Waals surface area contributed by atoms with Gasteiger partial charge in [-0.1, -0.05) is 54.3 Å². The van der Waals surface area contributed by atoms with Crippen molar-refractivity contribution in [3.63, 3.8) is 0 Å². The number of methoxy groups -OCH3 is 1. The molecule has 27 heavy (non-hydrogen) atoms. The van der Waals surface area contributed by atoms with Gasteiger partial charge in [-0.25, -0.2) is 0 Å². The predicted molar refractivity (Wildman–Crippen MR) is 110 cm³/mol. The molecule has 4 heteroatoms. The second-order valence-electron chi connectivity index (χ2n) is 6.18. The van der Waals surface area contributed by atoms with Crippen LogP contribution in [0.4, 0.5) is 0 Å². The smallest absolute Gasteiger partial charge is 0.180 e. The molecule has 1 aromatic heterocycles. The van der Waals surface area contributed by atoms with Gasteiger partial charge in [0.2, 0.25) is 0 Å². The standard InChI is InChI=1S/C23H18O3S/c1-26-20-9-4-3-8-19(20)23(25,13-6-14-24)16-11-12-22-18(15-16)17-7-2-5-10-21(17)27-22/h2-5,7-12,15,24-25H,14H2,1H3. The van der Waals surface area contributed by atoms with Crippen molar-refractivity contribution in [2.45, 2.75) is 5.60 Å². The molecule has 0 aliphatic heterocycles. The van der Waals surface area contributed by atoms with Crippen LogP contribution in [0.3, 0.4) is 0 Å². The molecule has 4 aromatic rings. The number of fused-ring (bicyclic) bond motifs is 3. The zero-order chi connectivity index (χ0) is 18.9. The Balaban J connectivity index is 1.99. The third kappa shape index (κ3) is 2.96. The molecular formula is C23H18O3S. The highest BCUT2D eigenvalue weighted by molar-refractivity contribution is 7.25. The predicted octanol–water partition coefficient (Wildman–Crippen LogP) is 4.29. The third-order valence-corrected chi connectivity index (χ3v) is 5.79. The van der Waals surface area contributed by atoms with E-state index in [1.54, 1.807) is 30.6 Å². The molecule has 1 atom stereocenters. The summed E-state index contributed by atoms with van der Waals surface area (Å²) in [5.74, 6) is 6.00. The number of para-hydroxylation sites is 1. The Hall–Kier alpha value is -2.84. The van der Waals surface area contributed by atoms with E-state index in [4.69, 9.17) is 4.74 Å². The molecule has 0 amide bonds. The zero-order valence-corrected chi connectivity index (χ0v) is 15.6. The molecule has 0 radical (unpaired) electrons. The molecule has 3 nitrogen and oxygen atoms in total. The number of aliphatic hydroxyl groups is 2. The maximum atomic E-state index is 11.6. The minimum Gasteiger partial charge on any atom is -0.496 e. The summed E-state index contributed by atoms with van der Waals surface area (Å²) in [5.41, 5.74) is -0.400. The first kappa shape index (κ1) is 17.6. The van der Waals surface area contributed by atoms with Gasteiger partial charge < -0.3 is 14.9 Å². The van der Waals surface area contributed by atoms with Crippen LogP contribution in [0, 0.1) is 11.8 Å². The summed E-state index contributed by atoms with van der Waals surface area (Å²) in [5, 5.41) is 23.0. The van der Waals surface area contributed by atoms with E-state index >= 15 is 0 Å². The molecule has 0 fully saturated rings. The lowest BCUT2D eigenvalue weighted by atomic mass is 9.85. The third-order valence-electron chi connectivity index (χ3n) is 4.64. The molecule has 0 saturated heterocycles. The molecular weight excluding hydrogens is 356 g/mol. The van der Waals surface area contributed by atoms with Gasteiger partial charge in [-0.05, 0) is 24.3 Å². The lowest BCUT2D eigenvalue weighted by Crippen LogP contribution is -2.26. The topological polar surface area (TPSA) is 49.7 Å². The van der Waals surface area contributed by atoms with Crippen LogP contribution in [0.2, 0.25) is 0 Å². The van der Waals surface area contributed by atoms with E-state index in [1.807, 2.05) is 42.5 Å². The molecule has 134 valence electrons. The second kappa shape index (κ2) is 7.05. The summed E-state index contributed by atoms with van der Waals surface area (Å²) in [6.45, 7) is -0.332. The van der Waals surface area contributed by atoms with Crippen LogP contribution in [0.15, 0.2) is 66.7 Å². The van der Waals surface area contributed by atoms with Crippen molar-refractivity contribution < 1.29 is 14.9 Å². The van der Waals surface area contributed by atoms with E-state index in [2.05, 4.69) is 24.0 Å². The molecule has 0 saturated carbocycles. The van der Waals surface area contributed by atoms with Gasteiger partial charge in [0.15, 0.2) is 5.60 Å². The summed E-state index contributed by atoms with van der Waals surface area (Å²) in [7, 11) is 1.56. The van der Waals surface area contributed by atoms with Gasteiger partial charge in [0.25, 0.3) is 0 Å². The molecule has 1 heterocycles. The summed E-state index contributed by atoms with van der Waals surface area (Å²) in [6, 6.07) is 21.4. The van der Waals surface area contributed by atoms with Crippen LogP contribution in [0.25, 0.3) is 20.2 Å². The summed E-state index contributed by atoms with van der Waals surface area (Å²) in [4.78, 5) is 0. The highest BCUT2D eigenvalue weighted by Gasteiger charge is 2.33. The van der Waals surface area contributed by atoms with Crippen molar-refractivity contribution in [3.8, 4) is 17.6 Å². The molecule has 1 unspecified atom stereocenters. The lowest BCUT2D eigenvalue weighted by molar-refractivity contribution is 0.141. The van der Waals surface area contributed by atoms with Crippen LogP contribution >= 0.6 is 11.3 Å². The minimum atomic E-state index is -1.59. The number of rotatable bonds is 3. The fourth-order valence-electron chi connectivity index (χ4n) is 3.36. The van der Waals surface area contributed by atoms with E-state index in [-0.39, 0.29) is 6.61 Å². The van der Waals surface area contributed by atoms with E-state index < -0.39 is 5.60 Å². The Morgan fingerprint density at radius 3 is 2.52 bits per heavy atom. The molecule has 0 spiro atoms. The summed E-state index contributed by atoms with van der Waals surface area (Å²) >= 11 is 1.72. The van der Waals surface area contributed by atoms with Crippen LogP contribution in [-0.4, -0.2) is 23.9 Å². The van der Waals surface area contributed by atoms with Crippen molar-refractivity contribution >= 4 is 31.5 Å². The van der Waals surface area contributed by atoms with Gasteiger partial charge in [0, 0.05) is 31.3 Å². The second-order valence-corrected chi connectivity index (χ2v) is 7.26. The number of thiophene rings is 1. The molecule has 2 N–H and O–H groups in total. The van der Waals surface area contributed by atoms with Crippen LogP contribution in [0.5, 0.6) is 5.75 Å². The fraction of sp³-hybridized carbons (Fsp3) is 0.130. The monoisotopic (exact) mass is 374 g/mol. The molecule has 0 aliphatic rings. The van der Waals surface area contributed by atoms with Crippen molar-refractivity contribution in [2.75, 3.05) is 13.7 Å². The molecule has 0 bridgehead atoms. The highest BCUT2D eigenvalue weighted by Crippen LogP contribution is 2.40. The Morgan fingerprint density at radius 2 is 1.70 bits per heavy atom. The van der Waals surface area contributed by atoms with Crippen molar-refractivity contribution in [1.29, 1.82) is 0 Å². The maximum Gasteiger partial charge on any atom is 0.180 e. The van der Waals surface area contributed by atoms with E-state index in [0.717, 1.165) is 15.5 Å². The quantitative estimate of drug-likeness (QED) is 0.526.